The van der Waals surface area contributed by atoms with Gasteiger partial charge in [0.1, 0.15) is 5.82 Å². The summed E-state index contributed by atoms with van der Waals surface area (Å²) in [7, 11) is 1.74. The summed E-state index contributed by atoms with van der Waals surface area (Å²) < 4.78 is 21.6. The number of hydrogen-bond acceptors (Lipinski definition) is 4. The van der Waals surface area contributed by atoms with E-state index in [1.54, 1.807) is 13.1 Å². The van der Waals surface area contributed by atoms with Gasteiger partial charge in [0.15, 0.2) is 5.65 Å². The van der Waals surface area contributed by atoms with Crippen molar-refractivity contribution < 1.29 is 9.13 Å². The van der Waals surface area contributed by atoms with Crippen LogP contribution in [0, 0.1) is 19.7 Å². The predicted octanol–water partition coefficient (Wildman–Crippen LogP) is 3.64. The third kappa shape index (κ3) is 2.90. The van der Waals surface area contributed by atoms with Crippen LogP contribution in [-0.2, 0) is 4.74 Å². The van der Waals surface area contributed by atoms with Gasteiger partial charge in [-0.25, -0.2) is 9.37 Å². The molecule has 3 aromatic rings. The zero-order chi connectivity index (χ0) is 18.3. The van der Waals surface area contributed by atoms with E-state index in [2.05, 4.69) is 26.9 Å². The van der Waals surface area contributed by atoms with E-state index in [1.165, 1.54) is 0 Å². The highest BCUT2D eigenvalue weighted by Crippen LogP contribution is 2.33. The van der Waals surface area contributed by atoms with E-state index in [1.807, 2.05) is 26.1 Å². The molecule has 0 radical (unpaired) electrons. The van der Waals surface area contributed by atoms with Gasteiger partial charge in [0.2, 0.25) is 0 Å². The molecule has 5 nitrogen and oxygen atoms in total. The molecule has 1 aliphatic rings. The average Bonchev–Trinajstić information content (AvgIpc) is 3.02. The lowest BCUT2D eigenvalue weighted by Gasteiger charge is -2.29. The molecule has 26 heavy (non-hydrogen) atoms. The van der Waals surface area contributed by atoms with Gasteiger partial charge in [0.05, 0.1) is 30.3 Å². The number of anilines is 2. The fraction of sp³-hybridized carbons (Fsp3) is 0.350. The molecule has 0 unspecified atom stereocenters. The van der Waals surface area contributed by atoms with E-state index < -0.39 is 0 Å². The number of pyridine rings is 1. The van der Waals surface area contributed by atoms with E-state index in [9.17, 15) is 4.39 Å². The van der Waals surface area contributed by atoms with E-state index in [0.29, 0.717) is 5.69 Å². The molecule has 1 aliphatic heterocycles. The molecule has 1 N–H and O–H groups in total. The van der Waals surface area contributed by atoms with Crippen molar-refractivity contribution in [2.45, 2.75) is 13.8 Å². The number of hydrogen-bond donors (Lipinski definition) is 1. The number of fused-ring (bicyclic) bond motifs is 1. The number of benzene rings is 1. The normalized spacial score (nSPS) is 14.8. The Balaban J connectivity index is 1.91. The monoisotopic (exact) mass is 354 g/mol. The number of aromatic nitrogens is 2. The maximum absolute atomic E-state index is 14.1. The van der Waals surface area contributed by atoms with Crippen LogP contribution in [0.15, 0.2) is 30.6 Å². The number of nitrogens with one attached hydrogen (secondary N) is 1. The van der Waals surface area contributed by atoms with Gasteiger partial charge in [0, 0.05) is 38.1 Å². The summed E-state index contributed by atoms with van der Waals surface area (Å²) in [6.45, 7) is 7.06. The molecule has 0 spiro atoms. The molecule has 0 atom stereocenters. The van der Waals surface area contributed by atoms with E-state index in [0.717, 1.165) is 60.0 Å². The smallest absolute Gasteiger partial charge is 0.160 e. The zero-order valence-electron chi connectivity index (χ0n) is 15.3. The van der Waals surface area contributed by atoms with Gasteiger partial charge < -0.3 is 19.4 Å². The minimum Gasteiger partial charge on any atom is -0.386 e. The standard InChI is InChI=1S/C20H23FN4O/c1-13-8-17(21)18(22-3)10-16(13)15-9-19(24-4-6-26-7-5-24)20-23-14(2)11-25(20)12-15/h8-12,22H,4-7H2,1-3H3. The Bertz CT molecular complexity index is 960. The Labute approximate surface area is 152 Å². The Morgan fingerprint density at radius 1 is 1.12 bits per heavy atom. The molecule has 1 fully saturated rings. The van der Waals surface area contributed by atoms with Crippen molar-refractivity contribution in [2.75, 3.05) is 43.6 Å². The van der Waals surface area contributed by atoms with Crippen molar-refractivity contribution >= 4 is 17.0 Å². The lowest BCUT2D eigenvalue weighted by atomic mass is 10.00. The lowest BCUT2D eigenvalue weighted by molar-refractivity contribution is 0.123. The number of morpholine rings is 1. The van der Waals surface area contributed by atoms with E-state index in [-0.39, 0.29) is 5.82 Å². The van der Waals surface area contributed by atoms with Crippen molar-refractivity contribution in [3.8, 4) is 11.1 Å². The van der Waals surface area contributed by atoms with Crippen molar-refractivity contribution in [3.05, 3.63) is 47.7 Å². The van der Waals surface area contributed by atoms with Crippen LogP contribution in [-0.4, -0.2) is 42.7 Å². The van der Waals surface area contributed by atoms with E-state index in [4.69, 9.17) is 9.72 Å². The first kappa shape index (κ1) is 16.8. The van der Waals surface area contributed by atoms with Crippen LogP contribution in [0.4, 0.5) is 15.8 Å². The van der Waals surface area contributed by atoms with Crippen molar-refractivity contribution in [2.24, 2.45) is 0 Å². The molecule has 2 aromatic heterocycles. The second-order valence-corrected chi connectivity index (χ2v) is 6.72. The highest BCUT2D eigenvalue weighted by atomic mass is 19.1. The molecule has 0 aliphatic carbocycles. The molecule has 3 heterocycles. The van der Waals surface area contributed by atoms with Gasteiger partial charge in [-0.15, -0.1) is 0 Å². The average molecular weight is 354 g/mol. The molecular formula is C20H23FN4O. The van der Waals surface area contributed by atoms with Gasteiger partial charge in [-0.3, -0.25) is 0 Å². The Kier molecular flexibility index (Phi) is 4.28. The fourth-order valence-corrected chi connectivity index (χ4v) is 3.56. The summed E-state index contributed by atoms with van der Waals surface area (Å²) in [5.41, 5.74) is 6.48. The minimum absolute atomic E-state index is 0.235. The summed E-state index contributed by atoms with van der Waals surface area (Å²) >= 11 is 0. The van der Waals surface area contributed by atoms with Gasteiger partial charge in [-0.2, -0.15) is 0 Å². The highest BCUT2D eigenvalue weighted by Gasteiger charge is 2.18. The number of rotatable bonds is 3. The van der Waals surface area contributed by atoms with Crippen molar-refractivity contribution in [1.29, 1.82) is 0 Å². The summed E-state index contributed by atoms with van der Waals surface area (Å²) in [6, 6.07) is 5.62. The first-order chi connectivity index (χ1) is 12.6. The number of nitrogens with zero attached hydrogens (tertiary/aromatic N) is 3. The molecule has 136 valence electrons. The summed E-state index contributed by atoms with van der Waals surface area (Å²) in [5.74, 6) is -0.235. The Hall–Kier alpha value is -2.60. The Morgan fingerprint density at radius 2 is 1.88 bits per heavy atom. The molecule has 1 saturated heterocycles. The predicted molar refractivity (Wildman–Crippen MR) is 103 cm³/mol. The number of aryl methyl sites for hydroxylation is 2. The molecular weight excluding hydrogens is 331 g/mol. The van der Waals surface area contributed by atoms with Gasteiger partial charge in [0.25, 0.3) is 0 Å². The molecule has 1 aromatic carbocycles. The summed E-state index contributed by atoms with van der Waals surface area (Å²) in [5, 5.41) is 2.93. The maximum atomic E-state index is 14.1. The van der Waals surface area contributed by atoms with Crippen LogP contribution < -0.4 is 10.2 Å². The zero-order valence-corrected chi connectivity index (χ0v) is 15.3. The van der Waals surface area contributed by atoms with E-state index >= 15 is 0 Å². The molecule has 6 heteroatoms. The largest absolute Gasteiger partial charge is 0.386 e. The second-order valence-electron chi connectivity index (χ2n) is 6.72. The lowest BCUT2D eigenvalue weighted by Crippen LogP contribution is -2.36. The number of imidazole rings is 1. The quantitative estimate of drug-likeness (QED) is 0.780. The van der Waals surface area contributed by atoms with Crippen LogP contribution >= 0.6 is 0 Å². The number of ether oxygens (including phenoxy) is 1. The van der Waals surface area contributed by atoms with Crippen LogP contribution in [0.2, 0.25) is 0 Å². The third-order valence-electron chi connectivity index (χ3n) is 4.90. The molecule has 0 amide bonds. The fourth-order valence-electron chi connectivity index (χ4n) is 3.56. The van der Waals surface area contributed by atoms with Crippen LogP contribution in [0.1, 0.15) is 11.3 Å². The minimum atomic E-state index is -0.235. The first-order valence-corrected chi connectivity index (χ1v) is 8.87. The highest BCUT2D eigenvalue weighted by molar-refractivity contribution is 5.80. The van der Waals surface area contributed by atoms with Gasteiger partial charge in [-0.05, 0) is 43.2 Å². The number of halogens is 1. The third-order valence-corrected chi connectivity index (χ3v) is 4.90. The van der Waals surface area contributed by atoms with Crippen LogP contribution in [0.3, 0.4) is 0 Å². The van der Waals surface area contributed by atoms with Gasteiger partial charge >= 0.3 is 0 Å². The SMILES string of the molecule is CNc1cc(-c2cc(N3CCOCC3)c3nc(C)cn3c2)c(C)cc1F. The molecule has 0 bridgehead atoms. The summed E-state index contributed by atoms with van der Waals surface area (Å²) in [6.07, 6.45) is 4.10. The maximum Gasteiger partial charge on any atom is 0.160 e. The molecule has 0 saturated carbocycles. The summed E-state index contributed by atoms with van der Waals surface area (Å²) in [4.78, 5) is 7.01. The Morgan fingerprint density at radius 3 is 2.62 bits per heavy atom. The van der Waals surface area contributed by atoms with Crippen LogP contribution in [0.5, 0.6) is 0 Å². The molecule has 4 rings (SSSR count). The topological polar surface area (TPSA) is 41.8 Å². The second kappa shape index (κ2) is 6.61. The van der Waals surface area contributed by atoms with Crippen molar-refractivity contribution in [3.63, 3.8) is 0 Å². The van der Waals surface area contributed by atoms with Gasteiger partial charge in [-0.1, -0.05) is 0 Å². The van der Waals surface area contributed by atoms with Crippen molar-refractivity contribution in [1.82, 2.24) is 9.38 Å². The van der Waals surface area contributed by atoms with Crippen LogP contribution in [0.25, 0.3) is 16.8 Å². The first-order valence-electron chi connectivity index (χ1n) is 8.87.